The Morgan fingerprint density at radius 3 is 2.34 bits per heavy atom. The molecule has 7 heteroatoms. The van der Waals surface area contributed by atoms with Crippen molar-refractivity contribution >= 4 is 23.5 Å². The van der Waals surface area contributed by atoms with Gasteiger partial charge in [0.05, 0.1) is 7.11 Å². The van der Waals surface area contributed by atoms with Crippen LogP contribution in [0.5, 0.6) is 5.75 Å². The van der Waals surface area contributed by atoms with Crippen LogP contribution in [0.1, 0.15) is 30.0 Å². The molecular formula is C28H29N3O4. The van der Waals surface area contributed by atoms with Crippen LogP contribution >= 0.6 is 0 Å². The molecule has 0 bridgehead atoms. The van der Waals surface area contributed by atoms with Gasteiger partial charge in [-0.1, -0.05) is 60.7 Å². The monoisotopic (exact) mass is 471 g/mol. The van der Waals surface area contributed by atoms with E-state index in [1.54, 1.807) is 14.0 Å². The molecule has 7 nitrogen and oxygen atoms in total. The van der Waals surface area contributed by atoms with Gasteiger partial charge in [0, 0.05) is 5.69 Å². The van der Waals surface area contributed by atoms with E-state index >= 15 is 0 Å². The van der Waals surface area contributed by atoms with Crippen molar-refractivity contribution in [2.45, 2.75) is 31.7 Å². The third-order valence-electron chi connectivity index (χ3n) is 6.25. The number of hydrogen-bond donors (Lipinski definition) is 2. The lowest BCUT2D eigenvalue weighted by atomic mass is 9.93. The van der Waals surface area contributed by atoms with Crippen LogP contribution in [0.3, 0.4) is 0 Å². The second-order valence-electron chi connectivity index (χ2n) is 8.87. The van der Waals surface area contributed by atoms with Crippen LogP contribution in [-0.2, 0) is 22.4 Å². The van der Waals surface area contributed by atoms with Gasteiger partial charge >= 0.3 is 6.03 Å². The number of rotatable bonds is 9. The number of anilines is 1. The van der Waals surface area contributed by atoms with Crippen LogP contribution in [0.25, 0.3) is 0 Å². The summed E-state index contributed by atoms with van der Waals surface area (Å²) >= 11 is 0. The minimum absolute atomic E-state index is 0.345. The SMILES string of the molecule is COc1ccc(CC[C@]2(C)NC(=O)N(CC(=O)Nc3ccccc3Cc3ccccc3)C2=O)cc1. The van der Waals surface area contributed by atoms with Gasteiger partial charge in [0.25, 0.3) is 5.91 Å². The molecule has 3 aromatic rings. The van der Waals surface area contributed by atoms with Gasteiger partial charge in [-0.3, -0.25) is 14.5 Å². The number of benzene rings is 3. The van der Waals surface area contributed by atoms with Gasteiger partial charge in [0.2, 0.25) is 5.91 Å². The van der Waals surface area contributed by atoms with Crippen LogP contribution in [0, 0.1) is 0 Å². The largest absolute Gasteiger partial charge is 0.497 e. The number of hydrogen-bond acceptors (Lipinski definition) is 4. The number of nitrogens with one attached hydrogen (secondary N) is 2. The summed E-state index contributed by atoms with van der Waals surface area (Å²) in [6.45, 7) is 1.35. The first-order valence-electron chi connectivity index (χ1n) is 11.6. The standard InChI is InChI=1S/C28H29N3O4/c1-28(17-16-20-12-14-23(35-2)15-13-20)26(33)31(27(34)30-28)19-25(32)29-24-11-7-6-10-22(24)18-21-8-4-3-5-9-21/h3-15H,16-19H2,1-2H3,(H,29,32)(H,30,34)/t28-/m0/s1. The second kappa shape index (κ2) is 10.4. The molecule has 35 heavy (non-hydrogen) atoms. The Balaban J connectivity index is 1.38. The van der Waals surface area contributed by atoms with Crippen molar-refractivity contribution in [3.8, 4) is 5.75 Å². The number of methoxy groups -OCH3 is 1. The number of aryl methyl sites for hydroxylation is 1. The van der Waals surface area contributed by atoms with Crippen LogP contribution in [0.2, 0.25) is 0 Å². The number of nitrogens with zero attached hydrogens (tertiary/aromatic N) is 1. The summed E-state index contributed by atoms with van der Waals surface area (Å²) < 4.78 is 5.17. The highest BCUT2D eigenvalue weighted by Gasteiger charge is 2.47. The van der Waals surface area contributed by atoms with E-state index in [9.17, 15) is 14.4 Å². The maximum absolute atomic E-state index is 13.1. The number of urea groups is 1. The molecule has 0 saturated carbocycles. The molecule has 1 atom stereocenters. The van der Waals surface area contributed by atoms with Crippen molar-refractivity contribution in [3.05, 3.63) is 95.6 Å². The van der Waals surface area contributed by atoms with Crippen molar-refractivity contribution in [2.24, 2.45) is 0 Å². The molecule has 0 aromatic heterocycles. The van der Waals surface area contributed by atoms with Gasteiger partial charge in [0.15, 0.2) is 0 Å². The quantitative estimate of drug-likeness (QED) is 0.459. The molecule has 1 aliphatic heterocycles. The predicted molar refractivity (Wildman–Crippen MR) is 134 cm³/mol. The van der Waals surface area contributed by atoms with E-state index < -0.39 is 23.4 Å². The Hall–Kier alpha value is -4.13. The normalized spacial score (nSPS) is 17.3. The van der Waals surface area contributed by atoms with Gasteiger partial charge in [-0.05, 0) is 61.1 Å². The van der Waals surface area contributed by atoms with Crippen molar-refractivity contribution in [1.82, 2.24) is 10.2 Å². The van der Waals surface area contributed by atoms with E-state index in [-0.39, 0.29) is 6.54 Å². The third kappa shape index (κ3) is 5.69. The molecule has 1 saturated heterocycles. The zero-order valence-corrected chi connectivity index (χ0v) is 19.9. The molecule has 0 radical (unpaired) electrons. The van der Waals surface area contributed by atoms with Crippen molar-refractivity contribution in [2.75, 3.05) is 19.0 Å². The number of carbonyl (C=O) groups is 3. The van der Waals surface area contributed by atoms with Crippen molar-refractivity contribution in [3.63, 3.8) is 0 Å². The molecule has 1 aliphatic rings. The summed E-state index contributed by atoms with van der Waals surface area (Å²) in [5.74, 6) is -0.0649. The molecule has 2 N–H and O–H groups in total. The van der Waals surface area contributed by atoms with E-state index in [1.807, 2.05) is 78.9 Å². The lowest BCUT2D eigenvalue weighted by Crippen LogP contribution is -2.45. The van der Waals surface area contributed by atoms with E-state index in [4.69, 9.17) is 4.74 Å². The van der Waals surface area contributed by atoms with Gasteiger partial charge < -0.3 is 15.4 Å². The maximum atomic E-state index is 13.1. The first-order chi connectivity index (χ1) is 16.9. The molecule has 1 heterocycles. The van der Waals surface area contributed by atoms with Crippen LogP contribution in [0.4, 0.5) is 10.5 Å². The maximum Gasteiger partial charge on any atom is 0.325 e. The summed E-state index contributed by atoms with van der Waals surface area (Å²) in [6.07, 6.45) is 1.67. The highest BCUT2D eigenvalue weighted by Crippen LogP contribution is 2.25. The van der Waals surface area contributed by atoms with Gasteiger partial charge in [-0.25, -0.2) is 4.79 Å². The number of carbonyl (C=O) groups excluding carboxylic acids is 3. The highest BCUT2D eigenvalue weighted by molar-refractivity contribution is 6.10. The van der Waals surface area contributed by atoms with Crippen LogP contribution in [0.15, 0.2) is 78.9 Å². The lowest BCUT2D eigenvalue weighted by molar-refractivity contribution is -0.133. The fraction of sp³-hybridized carbons (Fsp3) is 0.250. The van der Waals surface area contributed by atoms with Crippen LogP contribution in [-0.4, -0.2) is 41.9 Å². The number of para-hydroxylation sites is 1. The first-order valence-corrected chi connectivity index (χ1v) is 11.6. The zero-order valence-electron chi connectivity index (χ0n) is 19.9. The molecule has 3 aromatic carbocycles. The summed E-state index contributed by atoms with van der Waals surface area (Å²) in [5, 5.41) is 5.64. The zero-order chi connectivity index (χ0) is 24.8. The molecule has 0 spiro atoms. The molecule has 0 aliphatic carbocycles. The Kier molecular flexibility index (Phi) is 7.15. The molecule has 4 rings (SSSR count). The topological polar surface area (TPSA) is 87.7 Å². The smallest absolute Gasteiger partial charge is 0.325 e. The average molecular weight is 472 g/mol. The van der Waals surface area contributed by atoms with Gasteiger partial charge in [-0.15, -0.1) is 0 Å². The molecule has 0 unspecified atom stereocenters. The fourth-order valence-electron chi connectivity index (χ4n) is 4.19. The first kappa shape index (κ1) is 24.0. The molecule has 4 amide bonds. The van der Waals surface area contributed by atoms with Gasteiger partial charge in [0.1, 0.15) is 17.8 Å². The minimum atomic E-state index is -1.07. The van der Waals surface area contributed by atoms with E-state index in [2.05, 4.69) is 10.6 Å². The minimum Gasteiger partial charge on any atom is -0.497 e. The van der Waals surface area contributed by atoms with E-state index in [1.165, 1.54) is 0 Å². The number of amides is 4. The second-order valence-corrected chi connectivity index (χ2v) is 8.87. The Morgan fingerprint density at radius 2 is 1.63 bits per heavy atom. The van der Waals surface area contributed by atoms with E-state index in [0.29, 0.717) is 24.9 Å². The Labute approximate surface area is 205 Å². The van der Waals surface area contributed by atoms with Gasteiger partial charge in [-0.2, -0.15) is 0 Å². The summed E-state index contributed by atoms with van der Waals surface area (Å²) in [7, 11) is 1.61. The molecule has 1 fully saturated rings. The summed E-state index contributed by atoms with van der Waals surface area (Å²) in [5.41, 5.74) is 2.70. The fourth-order valence-corrected chi connectivity index (χ4v) is 4.19. The summed E-state index contributed by atoms with van der Waals surface area (Å²) in [6, 6.07) is 24.5. The Bertz CT molecular complexity index is 1210. The number of ether oxygens (including phenoxy) is 1. The third-order valence-corrected chi connectivity index (χ3v) is 6.25. The lowest BCUT2D eigenvalue weighted by Gasteiger charge is -2.21. The number of imide groups is 1. The van der Waals surface area contributed by atoms with Crippen LogP contribution < -0.4 is 15.4 Å². The highest BCUT2D eigenvalue weighted by atomic mass is 16.5. The predicted octanol–water partition coefficient (Wildman–Crippen LogP) is 4.17. The molecular weight excluding hydrogens is 442 g/mol. The Morgan fingerprint density at radius 1 is 0.943 bits per heavy atom. The van der Waals surface area contributed by atoms with Crippen molar-refractivity contribution < 1.29 is 19.1 Å². The molecule has 180 valence electrons. The van der Waals surface area contributed by atoms with E-state index in [0.717, 1.165) is 27.3 Å². The average Bonchev–Trinajstić information content (AvgIpc) is 3.08. The van der Waals surface area contributed by atoms with Crippen molar-refractivity contribution in [1.29, 1.82) is 0 Å². The summed E-state index contributed by atoms with van der Waals surface area (Å²) in [4.78, 5) is 39.5.